The van der Waals surface area contributed by atoms with Crippen LogP contribution in [0.15, 0.2) is 18.2 Å². The molecule has 100 valence electrons. The van der Waals surface area contributed by atoms with Gasteiger partial charge in [0.2, 0.25) is 5.91 Å². The first kappa shape index (κ1) is 14.6. The van der Waals surface area contributed by atoms with E-state index in [9.17, 15) is 13.6 Å². The number of hydrogen-bond acceptors (Lipinski definition) is 2. The molecule has 1 amide bonds. The van der Waals surface area contributed by atoms with Crippen molar-refractivity contribution in [2.45, 2.75) is 26.3 Å². The van der Waals surface area contributed by atoms with E-state index in [1.165, 1.54) is 18.2 Å². The van der Waals surface area contributed by atoms with Gasteiger partial charge in [0.05, 0.1) is 12.6 Å². The molecule has 0 aliphatic heterocycles. The molecule has 18 heavy (non-hydrogen) atoms. The second-order valence-electron chi connectivity index (χ2n) is 4.10. The van der Waals surface area contributed by atoms with E-state index >= 15 is 0 Å². The molecule has 3 nitrogen and oxygen atoms in total. The monoisotopic (exact) mass is 256 g/mol. The van der Waals surface area contributed by atoms with Crippen molar-refractivity contribution in [2.75, 3.05) is 13.1 Å². The molecule has 0 heterocycles. The Bertz CT molecular complexity index is 390. The average molecular weight is 256 g/mol. The van der Waals surface area contributed by atoms with Crippen molar-refractivity contribution in [3.8, 4) is 0 Å². The van der Waals surface area contributed by atoms with Gasteiger partial charge in [-0.05, 0) is 32.0 Å². The number of carbonyl (C=O) groups is 1. The molecule has 0 aromatic heterocycles. The molecule has 5 heteroatoms. The third-order valence-electron chi connectivity index (χ3n) is 2.52. The quantitative estimate of drug-likeness (QED) is 0.766. The van der Waals surface area contributed by atoms with Crippen molar-refractivity contribution in [1.82, 2.24) is 10.6 Å². The Labute approximate surface area is 106 Å². The Hall–Kier alpha value is -1.49. The fourth-order valence-electron chi connectivity index (χ4n) is 1.67. The highest BCUT2D eigenvalue weighted by atomic mass is 19.1. The summed E-state index contributed by atoms with van der Waals surface area (Å²) in [6, 6.07) is 2.96. The minimum absolute atomic E-state index is 0.110. The van der Waals surface area contributed by atoms with Crippen molar-refractivity contribution in [3.05, 3.63) is 35.4 Å². The number of benzene rings is 1. The van der Waals surface area contributed by atoms with Gasteiger partial charge in [0, 0.05) is 5.56 Å². The van der Waals surface area contributed by atoms with Crippen molar-refractivity contribution >= 4 is 5.91 Å². The van der Waals surface area contributed by atoms with Crippen LogP contribution >= 0.6 is 0 Å². The van der Waals surface area contributed by atoms with Crippen LogP contribution in [0.1, 0.15) is 31.9 Å². The number of hydrogen-bond donors (Lipinski definition) is 2. The maximum absolute atomic E-state index is 13.5. The highest BCUT2D eigenvalue weighted by Crippen LogP contribution is 2.19. The van der Waals surface area contributed by atoms with Crippen LogP contribution < -0.4 is 10.6 Å². The summed E-state index contributed by atoms with van der Waals surface area (Å²) in [5, 5.41) is 5.48. The Morgan fingerprint density at radius 1 is 1.33 bits per heavy atom. The van der Waals surface area contributed by atoms with Gasteiger partial charge >= 0.3 is 0 Å². The van der Waals surface area contributed by atoms with E-state index in [1.807, 2.05) is 6.92 Å². The van der Waals surface area contributed by atoms with Gasteiger partial charge in [-0.25, -0.2) is 8.78 Å². The lowest BCUT2D eigenvalue weighted by Gasteiger charge is -2.16. The Morgan fingerprint density at radius 3 is 2.50 bits per heavy atom. The van der Waals surface area contributed by atoms with Crippen LogP contribution in [0.25, 0.3) is 0 Å². The first-order valence-electron chi connectivity index (χ1n) is 6.00. The number of rotatable bonds is 6. The SMILES string of the molecule is CCCNCC(=O)NC(C)c1c(F)cccc1F. The van der Waals surface area contributed by atoms with Crippen LogP contribution in [0, 0.1) is 11.6 Å². The zero-order valence-corrected chi connectivity index (χ0v) is 10.6. The van der Waals surface area contributed by atoms with E-state index < -0.39 is 17.7 Å². The van der Waals surface area contributed by atoms with Crippen LogP contribution in [0.3, 0.4) is 0 Å². The molecule has 2 N–H and O–H groups in total. The smallest absolute Gasteiger partial charge is 0.234 e. The number of amides is 1. The van der Waals surface area contributed by atoms with Gasteiger partial charge in [-0.1, -0.05) is 13.0 Å². The topological polar surface area (TPSA) is 41.1 Å². The van der Waals surface area contributed by atoms with E-state index in [-0.39, 0.29) is 18.0 Å². The van der Waals surface area contributed by atoms with E-state index in [1.54, 1.807) is 6.92 Å². The summed E-state index contributed by atoms with van der Waals surface area (Å²) in [6.45, 7) is 4.42. The molecule has 1 rings (SSSR count). The summed E-state index contributed by atoms with van der Waals surface area (Å²) in [6.07, 6.45) is 0.921. The predicted octanol–water partition coefficient (Wildman–Crippen LogP) is 2.14. The minimum Gasteiger partial charge on any atom is -0.348 e. The molecule has 0 bridgehead atoms. The highest BCUT2D eigenvalue weighted by molar-refractivity contribution is 5.78. The minimum atomic E-state index is -0.692. The molecular weight excluding hydrogens is 238 g/mol. The molecule has 0 fully saturated rings. The summed E-state index contributed by atoms with van der Waals surface area (Å²) in [5.41, 5.74) is -0.110. The Morgan fingerprint density at radius 2 is 1.94 bits per heavy atom. The lowest BCUT2D eigenvalue weighted by molar-refractivity contribution is -0.120. The molecule has 1 unspecified atom stereocenters. The fraction of sp³-hybridized carbons (Fsp3) is 0.462. The van der Waals surface area contributed by atoms with Crippen molar-refractivity contribution in [2.24, 2.45) is 0 Å². The van der Waals surface area contributed by atoms with Crippen LogP contribution in [-0.4, -0.2) is 19.0 Å². The van der Waals surface area contributed by atoms with E-state index in [4.69, 9.17) is 0 Å². The average Bonchev–Trinajstić information content (AvgIpc) is 2.29. The third-order valence-corrected chi connectivity index (χ3v) is 2.52. The summed E-state index contributed by atoms with van der Waals surface area (Å²) in [7, 11) is 0. The largest absolute Gasteiger partial charge is 0.348 e. The molecule has 0 aliphatic carbocycles. The zero-order valence-electron chi connectivity index (χ0n) is 10.6. The number of nitrogens with one attached hydrogen (secondary N) is 2. The van der Waals surface area contributed by atoms with Crippen LogP contribution in [0.4, 0.5) is 8.78 Å². The molecule has 1 atom stereocenters. The standard InChI is InChI=1S/C13H18F2N2O/c1-3-7-16-8-12(18)17-9(2)13-10(14)5-4-6-11(13)15/h4-6,9,16H,3,7-8H2,1-2H3,(H,17,18). The Balaban J connectivity index is 2.59. The first-order chi connectivity index (χ1) is 8.56. The third kappa shape index (κ3) is 4.07. The van der Waals surface area contributed by atoms with Gasteiger partial charge < -0.3 is 10.6 Å². The lowest BCUT2D eigenvalue weighted by atomic mass is 10.1. The van der Waals surface area contributed by atoms with Gasteiger partial charge in [0.25, 0.3) is 0 Å². The Kier molecular flexibility index (Phi) is 5.71. The molecule has 0 aliphatic rings. The highest BCUT2D eigenvalue weighted by Gasteiger charge is 2.17. The maximum atomic E-state index is 13.5. The van der Waals surface area contributed by atoms with Crippen molar-refractivity contribution < 1.29 is 13.6 Å². The molecule has 0 saturated carbocycles. The maximum Gasteiger partial charge on any atom is 0.234 e. The molecule has 0 radical (unpaired) electrons. The van der Waals surface area contributed by atoms with Crippen molar-refractivity contribution in [3.63, 3.8) is 0 Å². The van der Waals surface area contributed by atoms with Gasteiger partial charge in [-0.15, -0.1) is 0 Å². The van der Waals surface area contributed by atoms with E-state index in [2.05, 4.69) is 10.6 Å². The second-order valence-corrected chi connectivity index (χ2v) is 4.10. The van der Waals surface area contributed by atoms with E-state index in [0.29, 0.717) is 0 Å². The lowest BCUT2D eigenvalue weighted by Crippen LogP contribution is -2.36. The van der Waals surface area contributed by atoms with Gasteiger partial charge in [0.1, 0.15) is 11.6 Å². The zero-order chi connectivity index (χ0) is 13.5. The molecule has 1 aromatic rings. The molecule has 1 aromatic carbocycles. The molecular formula is C13H18F2N2O. The summed E-state index contributed by atoms with van der Waals surface area (Å²) >= 11 is 0. The predicted molar refractivity (Wildman–Crippen MR) is 66.1 cm³/mol. The van der Waals surface area contributed by atoms with Crippen molar-refractivity contribution in [1.29, 1.82) is 0 Å². The second kappa shape index (κ2) is 7.06. The van der Waals surface area contributed by atoms with Crippen LogP contribution in [0.5, 0.6) is 0 Å². The van der Waals surface area contributed by atoms with Gasteiger partial charge in [-0.2, -0.15) is 0 Å². The van der Waals surface area contributed by atoms with Crippen LogP contribution in [0.2, 0.25) is 0 Å². The molecule has 0 saturated heterocycles. The number of halogens is 2. The number of carbonyl (C=O) groups excluding carboxylic acids is 1. The summed E-state index contributed by atoms with van der Waals surface area (Å²) < 4.78 is 26.9. The molecule has 0 spiro atoms. The summed E-state index contributed by atoms with van der Waals surface area (Å²) in [5.74, 6) is -1.58. The fourth-order valence-corrected chi connectivity index (χ4v) is 1.67. The summed E-state index contributed by atoms with van der Waals surface area (Å²) in [4.78, 5) is 11.5. The normalized spacial score (nSPS) is 12.2. The van der Waals surface area contributed by atoms with E-state index in [0.717, 1.165) is 13.0 Å². The van der Waals surface area contributed by atoms with Gasteiger partial charge in [0.15, 0.2) is 0 Å². The van der Waals surface area contributed by atoms with Gasteiger partial charge in [-0.3, -0.25) is 4.79 Å². The van der Waals surface area contributed by atoms with Crippen LogP contribution in [-0.2, 0) is 4.79 Å². The first-order valence-corrected chi connectivity index (χ1v) is 6.00.